The number of aryl methyl sites for hydroxylation is 3. The molecular formula is C16H20N4O2S. The fourth-order valence-electron chi connectivity index (χ4n) is 2.76. The van der Waals surface area contributed by atoms with Crippen molar-refractivity contribution in [3.8, 4) is 6.01 Å². The first-order valence-corrected chi connectivity index (χ1v) is 8.59. The molecule has 2 aromatic rings. The number of thiazole rings is 1. The molecule has 0 unspecified atom stereocenters. The van der Waals surface area contributed by atoms with Crippen molar-refractivity contribution in [3.63, 3.8) is 0 Å². The average molecular weight is 332 g/mol. The summed E-state index contributed by atoms with van der Waals surface area (Å²) in [6.07, 6.45) is 1.75. The van der Waals surface area contributed by atoms with Crippen molar-refractivity contribution in [2.24, 2.45) is 0 Å². The topological polar surface area (TPSA) is 68.2 Å². The van der Waals surface area contributed by atoms with Gasteiger partial charge in [0.2, 0.25) is 0 Å². The second-order valence-electron chi connectivity index (χ2n) is 5.83. The molecule has 0 saturated carbocycles. The molecule has 0 spiro atoms. The zero-order valence-corrected chi connectivity index (χ0v) is 14.4. The van der Waals surface area contributed by atoms with E-state index in [0.29, 0.717) is 17.4 Å². The smallest absolute Gasteiger partial charge is 0.317 e. The van der Waals surface area contributed by atoms with Gasteiger partial charge in [-0.05, 0) is 39.7 Å². The van der Waals surface area contributed by atoms with Crippen molar-refractivity contribution in [2.45, 2.75) is 39.7 Å². The van der Waals surface area contributed by atoms with E-state index in [2.05, 4.69) is 15.0 Å². The van der Waals surface area contributed by atoms with Crippen molar-refractivity contribution in [2.75, 3.05) is 13.1 Å². The molecule has 1 aliphatic heterocycles. The lowest BCUT2D eigenvalue weighted by Gasteiger charge is -2.32. The Balaban J connectivity index is 1.68. The first-order chi connectivity index (χ1) is 11.0. The molecule has 1 aliphatic rings. The van der Waals surface area contributed by atoms with Gasteiger partial charge in [0.25, 0.3) is 5.91 Å². The van der Waals surface area contributed by atoms with Crippen LogP contribution in [0.15, 0.2) is 11.6 Å². The number of rotatable bonds is 3. The Morgan fingerprint density at radius 1 is 1.30 bits per heavy atom. The highest BCUT2D eigenvalue weighted by Crippen LogP contribution is 2.21. The lowest BCUT2D eigenvalue weighted by Crippen LogP contribution is -2.44. The van der Waals surface area contributed by atoms with E-state index in [9.17, 15) is 4.79 Å². The monoisotopic (exact) mass is 332 g/mol. The number of ether oxygens (including phenoxy) is 1. The summed E-state index contributed by atoms with van der Waals surface area (Å²) in [6, 6.07) is 2.31. The van der Waals surface area contributed by atoms with Gasteiger partial charge in [0.1, 0.15) is 11.0 Å². The minimum absolute atomic E-state index is 0.0413. The zero-order valence-electron chi connectivity index (χ0n) is 13.6. The maximum absolute atomic E-state index is 12.6. The molecule has 2 aromatic heterocycles. The number of carbonyl (C=O) groups excluding carboxylic acids is 1. The SMILES string of the molecule is Cc1cc(C)nc(O[C@@H]2CCCN(C(=O)c3scnc3C)C2)n1. The van der Waals surface area contributed by atoms with Crippen LogP contribution in [0, 0.1) is 20.8 Å². The lowest BCUT2D eigenvalue weighted by atomic mass is 10.1. The van der Waals surface area contributed by atoms with E-state index in [-0.39, 0.29) is 12.0 Å². The summed E-state index contributed by atoms with van der Waals surface area (Å²) in [5.41, 5.74) is 4.28. The Labute approximate surface area is 139 Å². The van der Waals surface area contributed by atoms with Crippen LogP contribution >= 0.6 is 11.3 Å². The molecule has 0 aliphatic carbocycles. The molecule has 0 N–H and O–H groups in total. The van der Waals surface area contributed by atoms with Crippen LogP contribution in [-0.2, 0) is 0 Å². The second kappa shape index (κ2) is 6.62. The Morgan fingerprint density at radius 3 is 2.70 bits per heavy atom. The summed E-state index contributed by atoms with van der Waals surface area (Å²) in [7, 11) is 0. The first-order valence-electron chi connectivity index (χ1n) is 7.71. The third-order valence-electron chi connectivity index (χ3n) is 3.84. The standard InChI is InChI=1S/C16H20N4O2S/c1-10-7-11(2)19-16(18-10)22-13-5-4-6-20(8-13)15(21)14-12(3)17-9-23-14/h7,9,13H,4-6,8H2,1-3H3/t13-/m1/s1. The maximum atomic E-state index is 12.6. The van der Waals surface area contributed by atoms with Crippen molar-refractivity contribution >= 4 is 17.2 Å². The molecule has 1 amide bonds. The van der Waals surface area contributed by atoms with E-state index in [4.69, 9.17) is 4.74 Å². The molecule has 6 nitrogen and oxygen atoms in total. The predicted octanol–water partition coefficient (Wildman–Crippen LogP) is 2.54. The molecule has 0 bridgehead atoms. The van der Waals surface area contributed by atoms with Crippen LogP contribution in [0.25, 0.3) is 0 Å². The van der Waals surface area contributed by atoms with Gasteiger partial charge in [0, 0.05) is 17.9 Å². The summed E-state index contributed by atoms with van der Waals surface area (Å²) >= 11 is 1.39. The molecule has 7 heteroatoms. The van der Waals surface area contributed by atoms with Crippen LogP contribution in [-0.4, -0.2) is 45.0 Å². The normalized spacial score (nSPS) is 18.0. The van der Waals surface area contributed by atoms with E-state index >= 15 is 0 Å². The highest BCUT2D eigenvalue weighted by molar-refractivity contribution is 7.11. The fourth-order valence-corrected chi connectivity index (χ4v) is 3.53. The summed E-state index contributed by atoms with van der Waals surface area (Å²) in [5, 5.41) is 0. The molecule has 122 valence electrons. The predicted molar refractivity (Wildman–Crippen MR) is 87.9 cm³/mol. The van der Waals surface area contributed by atoms with E-state index in [1.54, 1.807) is 5.51 Å². The van der Waals surface area contributed by atoms with Crippen LogP contribution < -0.4 is 4.74 Å². The van der Waals surface area contributed by atoms with Crippen LogP contribution in [0.2, 0.25) is 0 Å². The number of nitrogens with zero attached hydrogens (tertiary/aromatic N) is 4. The Morgan fingerprint density at radius 2 is 2.04 bits per heavy atom. The minimum atomic E-state index is -0.0675. The molecule has 0 radical (unpaired) electrons. The quantitative estimate of drug-likeness (QED) is 0.864. The van der Waals surface area contributed by atoms with Gasteiger partial charge in [-0.3, -0.25) is 4.79 Å². The molecule has 1 saturated heterocycles. The highest BCUT2D eigenvalue weighted by Gasteiger charge is 2.27. The summed E-state index contributed by atoms with van der Waals surface area (Å²) in [6.45, 7) is 7.02. The van der Waals surface area contributed by atoms with E-state index < -0.39 is 0 Å². The average Bonchev–Trinajstić information content (AvgIpc) is 2.92. The van der Waals surface area contributed by atoms with Gasteiger partial charge >= 0.3 is 6.01 Å². The maximum Gasteiger partial charge on any atom is 0.317 e. The Hall–Kier alpha value is -2.02. The number of carbonyl (C=O) groups is 1. The molecule has 1 atom stereocenters. The Kier molecular flexibility index (Phi) is 4.56. The van der Waals surface area contributed by atoms with E-state index in [1.807, 2.05) is 31.7 Å². The number of hydrogen-bond donors (Lipinski definition) is 0. The van der Waals surface area contributed by atoms with Gasteiger partial charge in [-0.1, -0.05) is 0 Å². The lowest BCUT2D eigenvalue weighted by molar-refractivity contribution is 0.0518. The first kappa shape index (κ1) is 15.9. The molecular weight excluding hydrogens is 312 g/mol. The van der Waals surface area contributed by atoms with Crippen molar-refractivity contribution in [1.82, 2.24) is 19.9 Å². The van der Waals surface area contributed by atoms with Crippen LogP contribution in [0.5, 0.6) is 6.01 Å². The third-order valence-corrected chi connectivity index (χ3v) is 4.76. The number of likely N-dealkylation sites (tertiary alicyclic amines) is 1. The van der Waals surface area contributed by atoms with E-state index in [1.165, 1.54) is 11.3 Å². The number of piperidine rings is 1. The summed E-state index contributed by atoms with van der Waals surface area (Å²) < 4.78 is 5.92. The van der Waals surface area contributed by atoms with Crippen molar-refractivity contribution in [1.29, 1.82) is 0 Å². The highest BCUT2D eigenvalue weighted by atomic mass is 32.1. The fraction of sp³-hybridized carbons (Fsp3) is 0.500. The van der Waals surface area contributed by atoms with Gasteiger partial charge in [-0.2, -0.15) is 0 Å². The minimum Gasteiger partial charge on any atom is -0.458 e. The van der Waals surface area contributed by atoms with Crippen LogP contribution in [0.1, 0.15) is 39.6 Å². The number of amides is 1. The summed E-state index contributed by atoms with van der Waals surface area (Å²) in [5.74, 6) is 0.0413. The number of aromatic nitrogens is 3. The molecule has 23 heavy (non-hydrogen) atoms. The van der Waals surface area contributed by atoms with Gasteiger partial charge < -0.3 is 9.64 Å². The van der Waals surface area contributed by atoms with Crippen molar-refractivity contribution < 1.29 is 9.53 Å². The van der Waals surface area contributed by atoms with Crippen LogP contribution in [0.3, 0.4) is 0 Å². The summed E-state index contributed by atoms with van der Waals surface area (Å²) in [4.78, 5) is 28.0. The molecule has 1 fully saturated rings. The molecule has 3 heterocycles. The van der Waals surface area contributed by atoms with Gasteiger partial charge in [-0.25, -0.2) is 15.0 Å². The number of hydrogen-bond acceptors (Lipinski definition) is 6. The second-order valence-corrected chi connectivity index (χ2v) is 6.69. The third kappa shape index (κ3) is 3.67. The molecule has 3 rings (SSSR count). The van der Waals surface area contributed by atoms with Gasteiger partial charge in [0.05, 0.1) is 17.7 Å². The van der Waals surface area contributed by atoms with Crippen molar-refractivity contribution in [3.05, 3.63) is 33.5 Å². The van der Waals surface area contributed by atoms with Crippen LogP contribution in [0.4, 0.5) is 0 Å². The zero-order chi connectivity index (χ0) is 16.4. The largest absolute Gasteiger partial charge is 0.458 e. The van der Waals surface area contributed by atoms with Gasteiger partial charge in [0.15, 0.2) is 0 Å². The molecule has 0 aromatic carbocycles. The Bertz CT molecular complexity index is 696. The van der Waals surface area contributed by atoms with E-state index in [0.717, 1.165) is 36.5 Å². The van der Waals surface area contributed by atoms with Gasteiger partial charge in [-0.15, -0.1) is 11.3 Å².